The van der Waals surface area contributed by atoms with E-state index in [1.807, 2.05) is 20.8 Å². The summed E-state index contributed by atoms with van der Waals surface area (Å²) in [6.07, 6.45) is 3.44. The predicted octanol–water partition coefficient (Wildman–Crippen LogP) is 3.00. The third kappa shape index (κ3) is 5.15. The van der Waals surface area contributed by atoms with Gasteiger partial charge in [0.1, 0.15) is 0 Å². The van der Waals surface area contributed by atoms with Crippen molar-refractivity contribution in [3.63, 3.8) is 0 Å². The molecule has 0 bridgehead atoms. The van der Waals surface area contributed by atoms with Gasteiger partial charge in [0.15, 0.2) is 0 Å². The van der Waals surface area contributed by atoms with Gasteiger partial charge < -0.3 is 0 Å². The van der Waals surface area contributed by atoms with Crippen LogP contribution in [0, 0.1) is 0 Å². The summed E-state index contributed by atoms with van der Waals surface area (Å²) in [5, 5.41) is 0.703. The molecule has 0 fully saturated rings. The first-order chi connectivity index (χ1) is 7.53. The normalized spacial score (nSPS) is 12.6. The van der Waals surface area contributed by atoms with E-state index in [4.69, 9.17) is 0 Å². The Labute approximate surface area is 109 Å². The number of halogens is 1. The lowest BCUT2D eigenvalue weighted by Gasteiger charge is -2.29. The Kier molecular flexibility index (Phi) is 8.68. The van der Waals surface area contributed by atoms with Crippen molar-refractivity contribution in [2.75, 3.05) is 17.6 Å². The zero-order valence-electron chi connectivity index (χ0n) is 10.6. The van der Waals surface area contributed by atoms with E-state index in [-0.39, 0.29) is 11.8 Å². The number of hydrogen-bond acceptors (Lipinski definition) is 2. The first-order valence-corrected chi connectivity index (χ1v) is 8.81. The van der Waals surface area contributed by atoms with E-state index >= 15 is 0 Å². The summed E-state index contributed by atoms with van der Waals surface area (Å²) in [6, 6.07) is 0.152. The highest BCUT2D eigenvalue weighted by molar-refractivity contribution is 9.09. The zero-order valence-corrected chi connectivity index (χ0v) is 13.0. The number of alkyl halides is 1. The second-order valence-corrected chi connectivity index (χ2v) is 6.77. The van der Waals surface area contributed by atoms with Crippen molar-refractivity contribution in [2.24, 2.45) is 0 Å². The van der Waals surface area contributed by atoms with Gasteiger partial charge in [0.05, 0.1) is 5.75 Å². The van der Waals surface area contributed by atoms with Crippen LogP contribution in [0.4, 0.5) is 0 Å². The largest absolute Gasteiger partial charge is 0.214 e. The number of sulfonamides is 1. The van der Waals surface area contributed by atoms with Crippen LogP contribution >= 0.6 is 15.9 Å². The summed E-state index contributed by atoms with van der Waals surface area (Å²) in [7, 11) is -3.07. The Hall–Kier alpha value is 0.390. The molecule has 0 aliphatic rings. The molecule has 0 heterocycles. The number of rotatable bonds is 9. The summed E-state index contributed by atoms with van der Waals surface area (Å²) < 4.78 is 26.0. The molecular formula is C11H24BrNO2S. The topological polar surface area (TPSA) is 37.4 Å². The van der Waals surface area contributed by atoms with Crippen molar-refractivity contribution in [3.8, 4) is 0 Å². The smallest absolute Gasteiger partial charge is 0.212 e. The van der Waals surface area contributed by atoms with Crippen LogP contribution in [0.25, 0.3) is 0 Å². The molecule has 16 heavy (non-hydrogen) atoms. The summed E-state index contributed by atoms with van der Waals surface area (Å²) in [4.78, 5) is 0. The molecule has 5 heteroatoms. The van der Waals surface area contributed by atoms with E-state index < -0.39 is 10.0 Å². The molecule has 0 N–H and O–H groups in total. The zero-order chi connectivity index (χ0) is 12.6. The molecule has 98 valence electrons. The summed E-state index contributed by atoms with van der Waals surface area (Å²) >= 11 is 3.33. The average Bonchev–Trinajstić information content (AvgIpc) is 2.27. The molecule has 0 aromatic heterocycles. The Morgan fingerprint density at radius 3 is 2.12 bits per heavy atom. The molecule has 0 rings (SSSR count). The van der Waals surface area contributed by atoms with Crippen molar-refractivity contribution in [1.82, 2.24) is 4.31 Å². The lowest BCUT2D eigenvalue weighted by atomic mass is 10.2. The highest BCUT2D eigenvalue weighted by atomic mass is 79.9. The summed E-state index contributed by atoms with van der Waals surface area (Å²) in [5.74, 6) is 0.285. The van der Waals surface area contributed by atoms with Gasteiger partial charge in [0, 0.05) is 17.9 Å². The number of unbranched alkanes of at least 4 members (excludes halogenated alkanes) is 1. The molecule has 0 aromatic carbocycles. The van der Waals surface area contributed by atoms with Gasteiger partial charge >= 0.3 is 0 Å². The minimum absolute atomic E-state index is 0.152. The van der Waals surface area contributed by atoms with E-state index in [9.17, 15) is 8.42 Å². The molecule has 0 saturated carbocycles. The maximum atomic E-state index is 12.1. The molecule has 0 amide bonds. The van der Waals surface area contributed by atoms with Crippen molar-refractivity contribution in [1.29, 1.82) is 0 Å². The van der Waals surface area contributed by atoms with Crippen LogP contribution < -0.4 is 0 Å². The molecule has 0 aromatic rings. The van der Waals surface area contributed by atoms with Gasteiger partial charge in [-0.3, -0.25) is 0 Å². The van der Waals surface area contributed by atoms with Gasteiger partial charge in [0.2, 0.25) is 10.0 Å². The second-order valence-electron chi connectivity index (χ2n) is 3.94. The third-order valence-electron chi connectivity index (χ3n) is 2.77. The molecule has 3 nitrogen and oxygen atoms in total. The Bertz CT molecular complexity index is 263. The van der Waals surface area contributed by atoms with E-state index in [0.29, 0.717) is 11.9 Å². The summed E-state index contributed by atoms with van der Waals surface area (Å²) in [6.45, 7) is 6.69. The maximum absolute atomic E-state index is 12.1. The molecule has 0 atom stereocenters. The third-order valence-corrected chi connectivity index (χ3v) is 5.12. The van der Waals surface area contributed by atoms with Crippen molar-refractivity contribution in [2.45, 2.75) is 52.5 Å². The maximum Gasteiger partial charge on any atom is 0.214 e. The predicted molar refractivity (Wildman–Crippen MR) is 73.6 cm³/mol. The van der Waals surface area contributed by atoms with Crippen molar-refractivity contribution in [3.05, 3.63) is 0 Å². The fourth-order valence-corrected chi connectivity index (χ4v) is 4.40. The Balaban J connectivity index is 4.73. The van der Waals surface area contributed by atoms with Crippen LogP contribution in [0.5, 0.6) is 0 Å². The van der Waals surface area contributed by atoms with Gasteiger partial charge in [-0.15, -0.1) is 0 Å². The van der Waals surface area contributed by atoms with Gasteiger partial charge in [-0.2, -0.15) is 4.31 Å². The fraction of sp³-hybridized carbons (Fsp3) is 1.00. The molecule has 0 aliphatic carbocycles. The van der Waals surface area contributed by atoms with Gasteiger partial charge in [-0.05, 0) is 19.3 Å². The molecule has 0 spiro atoms. The minimum Gasteiger partial charge on any atom is -0.212 e. The number of hydrogen-bond donors (Lipinski definition) is 0. The lowest BCUT2D eigenvalue weighted by Crippen LogP contribution is -2.42. The second kappa shape index (κ2) is 8.48. The SMILES string of the molecule is CCCCS(=O)(=O)N(CCBr)C(CC)CC. The Morgan fingerprint density at radius 1 is 1.19 bits per heavy atom. The van der Waals surface area contributed by atoms with Crippen LogP contribution in [0.2, 0.25) is 0 Å². The van der Waals surface area contributed by atoms with Gasteiger partial charge in [-0.1, -0.05) is 43.1 Å². The highest BCUT2D eigenvalue weighted by Gasteiger charge is 2.26. The highest BCUT2D eigenvalue weighted by Crippen LogP contribution is 2.15. The van der Waals surface area contributed by atoms with Crippen LogP contribution in [-0.2, 0) is 10.0 Å². The molecule has 0 aliphatic heterocycles. The summed E-state index contributed by atoms with van der Waals surface area (Å²) in [5.41, 5.74) is 0. The lowest BCUT2D eigenvalue weighted by molar-refractivity contribution is 0.317. The van der Waals surface area contributed by atoms with Crippen LogP contribution in [-0.4, -0.2) is 36.4 Å². The minimum atomic E-state index is -3.07. The average molecular weight is 314 g/mol. The van der Waals surface area contributed by atoms with Gasteiger partial charge in [0.25, 0.3) is 0 Å². The van der Waals surface area contributed by atoms with Crippen molar-refractivity contribution < 1.29 is 8.42 Å². The van der Waals surface area contributed by atoms with Crippen LogP contribution in [0.1, 0.15) is 46.5 Å². The van der Waals surface area contributed by atoms with Crippen molar-refractivity contribution >= 4 is 26.0 Å². The monoisotopic (exact) mass is 313 g/mol. The number of nitrogens with zero attached hydrogens (tertiary/aromatic N) is 1. The van der Waals surface area contributed by atoms with Crippen LogP contribution in [0.15, 0.2) is 0 Å². The van der Waals surface area contributed by atoms with E-state index in [1.165, 1.54) is 0 Å². The van der Waals surface area contributed by atoms with E-state index in [1.54, 1.807) is 4.31 Å². The van der Waals surface area contributed by atoms with E-state index in [0.717, 1.165) is 25.7 Å². The molecule has 0 unspecified atom stereocenters. The quantitative estimate of drug-likeness (QED) is 0.614. The Morgan fingerprint density at radius 2 is 1.75 bits per heavy atom. The molecule has 0 saturated heterocycles. The standard InChI is InChI=1S/C11H24BrNO2S/c1-4-7-10-16(14,15)13(9-8-12)11(5-2)6-3/h11H,4-10H2,1-3H3. The first-order valence-electron chi connectivity index (χ1n) is 6.08. The van der Waals surface area contributed by atoms with Gasteiger partial charge in [-0.25, -0.2) is 8.42 Å². The fourth-order valence-electron chi connectivity index (χ4n) is 1.77. The van der Waals surface area contributed by atoms with E-state index in [2.05, 4.69) is 15.9 Å². The molecular weight excluding hydrogens is 290 g/mol. The van der Waals surface area contributed by atoms with Crippen LogP contribution in [0.3, 0.4) is 0 Å². The molecule has 0 radical (unpaired) electrons. The first kappa shape index (κ1) is 16.4.